The van der Waals surface area contributed by atoms with E-state index in [4.69, 9.17) is 0 Å². The average molecular weight is 424 g/mol. The number of nitrogens with one attached hydrogen (secondary N) is 1. The first-order chi connectivity index (χ1) is 15.3. The Morgan fingerprint density at radius 1 is 0.938 bits per heavy atom. The Balaban J connectivity index is 1.55. The highest BCUT2D eigenvalue weighted by Crippen LogP contribution is 2.27. The number of hydrogen-bond acceptors (Lipinski definition) is 2. The number of nitrogens with zero attached hydrogens (tertiary/aromatic N) is 2. The van der Waals surface area contributed by atoms with Crippen LogP contribution in [0, 0.1) is 13.8 Å². The fraction of sp³-hybridized carbons (Fsp3) is 0.214. The number of amides is 1. The number of hydrazone groups is 1. The fourth-order valence-corrected chi connectivity index (χ4v) is 4.04. The van der Waals surface area contributed by atoms with Gasteiger partial charge in [-0.3, -0.25) is 4.79 Å². The molecule has 0 spiro atoms. The number of carbonyl (C=O) groups excluding carboxylic acids is 1. The highest BCUT2D eigenvalue weighted by atomic mass is 16.2. The Bertz CT molecular complexity index is 1300. The van der Waals surface area contributed by atoms with E-state index in [0.29, 0.717) is 5.56 Å². The molecule has 4 rings (SSSR count). The minimum atomic E-state index is -0.218. The van der Waals surface area contributed by atoms with Crippen molar-refractivity contribution in [3.8, 4) is 5.69 Å². The Labute approximate surface area is 189 Å². The topological polar surface area (TPSA) is 46.4 Å². The number of fused-ring (bicyclic) bond motifs is 1. The molecule has 4 nitrogen and oxygen atoms in total. The number of benzene rings is 3. The van der Waals surface area contributed by atoms with Gasteiger partial charge < -0.3 is 4.57 Å². The lowest BCUT2D eigenvalue weighted by Gasteiger charge is -2.18. The largest absolute Gasteiger partial charge is 0.317 e. The predicted molar refractivity (Wildman–Crippen MR) is 133 cm³/mol. The van der Waals surface area contributed by atoms with Gasteiger partial charge in [-0.1, -0.05) is 69.3 Å². The minimum Gasteiger partial charge on any atom is -0.317 e. The highest BCUT2D eigenvalue weighted by Gasteiger charge is 2.15. The number of aryl methyl sites for hydroxylation is 1. The second-order valence-corrected chi connectivity index (χ2v) is 9.19. The third kappa shape index (κ3) is 4.22. The number of aromatic nitrogens is 1. The first-order valence-electron chi connectivity index (χ1n) is 10.9. The van der Waals surface area contributed by atoms with Crippen molar-refractivity contribution >= 4 is 22.9 Å². The number of carbonyl (C=O) groups is 1. The van der Waals surface area contributed by atoms with Crippen LogP contribution in [0.1, 0.15) is 53.6 Å². The van der Waals surface area contributed by atoms with E-state index < -0.39 is 0 Å². The van der Waals surface area contributed by atoms with Crippen LogP contribution < -0.4 is 5.43 Å². The van der Waals surface area contributed by atoms with Crippen LogP contribution >= 0.6 is 0 Å². The SMILES string of the molecule is Cc1cc(/C=N\NC(=O)c2ccc(C(C)(C)C)cc2)c(C)n1-c1cccc2ccccc12. The molecule has 3 aromatic carbocycles. The number of hydrogen-bond donors (Lipinski definition) is 1. The molecule has 0 aliphatic rings. The van der Waals surface area contributed by atoms with Gasteiger partial charge in [0.2, 0.25) is 0 Å². The molecule has 0 saturated heterocycles. The zero-order valence-corrected chi connectivity index (χ0v) is 19.3. The van der Waals surface area contributed by atoms with Gasteiger partial charge >= 0.3 is 0 Å². The molecule has 162 valence electrons. The molecule has 1 heterocycles. The van der Waals surface area contributed by atoms with Crippen LogP contribution in [-0.2, 0) is 5.41 Å². The van der Waals surface area contributed by atoms with Gasteiger partial charge in [0.15, 0.2) is 0 Å². The molecule has 0 radical (unpaired) electrons. The van der Waals surface area contributed by atoms with Gasteiger partial charge in [-0.25, -0.2) is 5.43 Å². The quantitative estimate of drug-likeness (QED) is 0.303. The summed E-state index contributed by atoms with van der Waals surface area (Å²) in [5, 5.41) is 6.63. The van der Waals surface area contributed by atoms with Crippen LogP contribution in [0.3, 0.4) is 0 Å². The normalized spacial score (nSPS) is 11.9. The summed E-state index contributed by atoms with van der Waals surface area (Å²) >= 11 is 0. The summed E-state index contributed by atoms with van der Waals surface area (Å²) in [6.07, 6.45) is 1.71. The van der Waals surface area contributed by atoms with E-state index in [1.807, 2.05) is 24.3 Å². The van der Waals surface area contributed by atoms with Crippen LogP contribution in [0.4, 0.5) is 0 Å². The maximum Gasteiger partial charge on any atom is 0.271 e. The molecule has 0 fully saturated rings. The van der Waals surface area contributed by atoms with Crippen molar-refractivity contribution in [1.82, 2.24) is 9.99 Å². The maximum absolute atomic E-state index is 12.5. The van der Waals surface area contributed by atoms with E-state index in [9.17, 15) is 4.79 Å². The molecule has 32 heavy (non-hydrogen) atoms. The molecule has 1 N–H and O–H groups in total. The summed E-state index contributed by atoms with van der Waals surface area (Å²) in [5.41, 5.74) is 8.80. The van der Waals surface area contributed by atoms with Gasteiger partial charge in [-0.15, -0.1) is 0 Å². The molecule has 0 aliphatic carbocycles. The van der Waals surface area contributed by atoms with E-state index in [1.165, 1.54) is 16.3 Å². The lowest BCUT2D eigenvalue weighted by molar-refractivity contribution is 0.0955. The predicted octanol–water partition coefficient (Wildman–Crippen LogP) is 6.31. The van der Waals surface area contributed by atoms with Gasteiger partial charge in [-0.2, -0.15) is 5.10 Å². The summed E-state index contributed by atoms with van der Waals surface area (Å²) in [4.78, 5) is 12.5. The van der Waals surface area contributed by atoms with E-state index in [1.54, 1.807) is 6.21 Å². The number of rotatable bonds is 4. The van der Waals surface area contributed by atoms with Gasteiger partial charge in [0, 0.05) is 27.9 Å². The molecular formula is C28H29N3O. The summed E-state index contributed by atoms with van der Waals surface area (Å²) in [5.74, 6) is -0.218. The Hall–Kier alpha value is -3.66. The van der Waals surface area contributed by atoms with Crippen molar-refractivity contribution in [1.29, 1.82) is 0 Å². The Morgan fingerprint density at radius 3 is 2.34 bits per heavy atom. The summed E-state index contributed by atoms with van der Waals surface area (Å²) < 4.78 is 2.23. The highest BCUT2D eigenvalue weighted by molar-refractivity contribution is 5.95. The monoisotopic (exact) mass is 423 g/mol. The third-order valence-corrected chi connectivity index (χ3v) is 5.86. The minimum absolute atomic E-state index is 0.0553. The average Bonchev–Trinajstić information content (AvgIpc) is 3.05. The molecule has 0 atom stereocenters. The van der Waals surface area contributed by atoms with Crippen molar-refractivity contribution in [3.05, 3.63) is 101 Å². The van der Waals surface area contributed by atoms with Crippen molar-refractivity contribution in [2.75, 3.05) is 0 Å². The van der Waals surface area contributed by atoms with Crippen LogP contribution in [0.15, 0.2) is 77.9 Å². The first-order valence-corrected chi connectivity index (χ1v) is 10.9. The van der Waals surface area contributed by atoms with Crippen LogP contribution in [-0.4, -0.2) is 16.7 Å². The molecule has 4 aromatic rings. The fourth-order valence-electron chi connectivity index (χ4n) is 4.04. The molecule has 4 heteroatoms. The van der Waals surface area contributed by atoms with Crippen LogP contribution in [0.5, 0.6) is 0 Å². The van der Waals surface area contributed by atoms with Gasteiger partial charge in [0.05, 0.1) is 11.9 Å². The Kier molecular flexibility index (Phi) is 5.70. The molecule has 0 aliphatic heterocycles. The van der Waals surface area contributed by atoms with Crippen molar-refractivity contribution in [3.63, 3.8) is 0 Å². The standard InChI is InChI=1S/C28H29N3O/c1-19-17-23(18-29-30-27(32)22-13-15-24(16-14-22)28(3,4)5)20(2)31(19)26-12-8-10-21-9-6-7-11-25(21)26/h6-18H,1-5H3,(H,30,32)/b29-18-. The van der Waals surface area contributed by atoms with Gasteiger partial charge in [-0.05, 0) is 54.5 Å². The zero-order chi connectivity index (χ0) is 22.9. The van der Waals surface area contributed by atoms with E-state index in [2.05, 4.69) is 98.2 Å². The third-order valence-electron chi connectivity index (χ3n) is 5.86. The summed E-state index contributed by atoms with van der Waals surface area (Å²) in [7, 11) is 0. The lowest BCUT2D eigenvalue weighted by atomic mass is 9.87. The van der Waals surface area contributed by atoms with E-state index >= 15 is 0 Å². The zero-order valence-electron chi connectivity index (χ0n) is 19.3. The molecular weight excluding hydrogens is 394 g/mol. The molecule has 1 aromatic heterocycles. The molecule has 0 unspecified atom stereocenters. The van der Waals surface area contributed by atoms with Crippen LogP contribution in [0.25, 0.3) is 16.5 Å². The van der Waals surface area contributed by atoms with Crippen molar-refractivity contribution < 1.29 is 4.79 Å². The Morgan fingerprint density at radius 2 is 1.62 bits per heavy atom. The second kappa shape index (κ2) is 8.46. The van der Waals surface area contributed by atoms with Crippen LogP contribution in [0.2, 0.25) is 0 Å². The molecule has 0 saturated carbocycles. The van der Waals surface area contributed by atoms with Crippen molar-refractivity contribution in [2.24, 2.45) is 5.10 Å². The van der Waals surface area contributed by atoms with Crippen molar-refractivity contribution in [2.45, 2.75) is 40.0 Å². The summed E-state index contributed by atoms with van der Waals surface area (Å²) in [6.45, 7) is 10.6. The van der Waals surface area contributed by atoms with Gasteiger partial charge in [0.1, 0.15) is 0 Å². The summed E-state index contributed by atoms with van der Waals surface area (Å²) in [6, 6.07) is 24.5. The smallest absolute Gasteiger partial charge is 0.271 e. The molecule has 0 bridgehead atoms. The van der Waals surface area contributed by atoms with E-state index in [0.717, 1.165) is 22.6 Å². The first kappa shape index (κ1) is 21.6. The molecule has 1 amide bonds. The lowest BCUT2D eigenvalue weighted by Crippen LogP contribution is -2.18. The van der Waals surface area contributed by atoms with Gasteiger partial charge in [0.25, 0.3) is 5.91 Å². The maximum atomic E-state index is 12.5. The van der Waals surface area contributed by atoms with E-state index in [-0.39, 0.29) is 11.3 Å². The second-order valence-electron chi connectivity index (χ2n) is 9.19.